The van der Waals surface area contributed by atoms with E-state index >= 15 is 0 Å². The van der Waals surface area contributed by atoms with Gasteiger partial charge in [-0.2, -0.15) is 4.31 Å². The highest BCUT2D eigenvalue weighted by Crippen LogP contribution is 2.20. The van der Waals surface area contributed by atoms with Gasteiger partial charge in [0, 0.05) is 30.7 Å². The molecule has 26 heavy (non-hydrogen) atoms. The minimum Gasteiger partial charge on any atom is -0.379 e. The van der Waals surface area contributed by atoms with Gasteiger partial charge in [-0.3, -0.25) is 4.79 Å². The Morgan fingerprint density at radius 1 is 1.15 bits per heavy atom. The Bertz CT molecular complexity index is 714. The van der Waals surface area contributed by atoms with Gasteiger partial charge in [-0.05, 0) is 43.9 Å². The highest BCUT2D eigenvalue weighted by molar-refractivity contribution is 7.89. The average Bonchev–Trinajstić information content (AvgIpc) is 2.64. The third kappa shape index (κ3) is 4.95. The number of nitrogens with two attached hydrogens (primary N) is 1. The Balaban J connectivity index is 0.00000243. The fourth-order valence-electron chi connectivity index (χ4n) is 3.27. The Kier molecular flexibility index (Phi) is 7.42. The lowest BCUT2D eigenvalue weighted by Crippen LogP contribution is -2.41. The molecule has 9 heteroatoms. The molecule has 1 saturated carbocycles. The van der Waals surface area contributed by atoms with Crippen LogP contribution in [0.15, 0.2) is 29.2 Å². The Morgan fingerprint density at radius 3 is 2.46 bits per heavy atom. The third-order valence-corrected chi connectivity index (χ3v) is 6.71. The van der Waals surface area contributed by atoms with Crippen LogP contribution in [-0.2, 0) is 14.8 Å². The van der Waals surface area contributed by atoms with E-state index in [1.165, 1.54) is 16.4 Å². The summed E-state index contributed by atoms with van der Waals surface area (Å²) in [5.74, 6) is -0.237. The number of hydrogen-bond donors (Lipinski definition) is 2. The lowest BCUT2D eigenvalue weighted by molar-refractivity contribution is 0.0730. The molecule has 0 aromatic heterocycles. The van der Waals surface area contributed by atoms with Crippen LogP contribution in [0.25, 0.3) is 0 Å². The van der Waals surface area contributed by atoms with E-state index in [4.69, 9.17) is 10.5 Å². The second-order valence-electron chi connectivity index (χ2n) is 6.63. The van der Waals surface area contributed by atoms with Crippen LogP contribution in [0.1, 0.15) is 36.0 Å². The number of rotatable bonds is 4. The Morgan fingerprint density at radius 2 is 1.81 bits per heavy atom. The average molecular weight is 404 g/mol. The zero-order chi connectivity index (χ0) is 17.9. The number of ether oxygens (including phenoxy) is 1. The summed E-state index contributed by atoms with van der Waals surface area (Å²) in [6.45, 7) is 1.45. The van der Waals surface area contributed by atoms with Gasteiger partial charge in [-0.1, -0.05) is 6.07 Å². The molecule has 1 aromatic carbocycles. The van der Waals surface area contributed by atoms with Gasteiger partial charge in [-0.25, -0.2) is 8.42 Å². The summed E-state index contributed by atoms with van der Waals surface area (Å²) in [5, 5.41) is 2.99. The van der Waals surface area contributed by atoms with E-state index in [9.17, 15) is 13.2 Å². The first kappa shape index (κ1) is 21.1. The van der Waals surface area contributed by atoms with Crippen molar-refractivity contribution >= 4 is 28.3 Å². The molecule has 1 heterocycles. The van der Waals surface area contributed by atoms with Crippen LogP contribution in [0.2, 0.25) is 0 Å². The van der Waals surface area contributed by atoms with Gasteiger partial charge in [-0.15, -0.1) is 12.4 Å². The molecule has 7 nitrogen and oxygen atoms in total. The number of morpholine rings is 1. The lowest BCUT2D eigenvalue weighted by atomic mass is 9.91. The van der Waals surface area contributed by atoms with Crippen LogP contribution in [0.3, 0.4) is 0 Å². The second-order valence-corrected chi connectivity index (χ2v) is 8.57. The molecule has 1 aromatic rings. The van der Waals surface area contributed by atoms with Gasteiger partial charge in [0.05, 0.1) is 18.1 Å². The van der Waals surface area contributed by atoms with Gasteiger partial charge in [0.1, 0.15) is 0 Å². The quantitative estimate of drug-likeness (QED) is 0.784. The minimum absolute atomic E-state index is 0. The lowest BCUT2D eigenvalue weighted by Gasteiger charge is -2.27. The van der Waals surface area contributed by atoms with Gasteiger partial charge < -0.3 is 15.8 Å². The summed E-state index contributed by atoms with van der Waals surface area (Å²) in [4.78, 5) is 12.6. The first-order chi connectivity index (χ1) is 12.0. The molecule has 2 fully saturated rings. The molecule has 1 aliphatic carbocycles. The third-order valence-electron chi connectivity index (χ3n) is 4.81. The molecular formula is C17H26ClN3O4S. The van der Waals surface area contributed by atoms with Crippen molar-refractivity contribution in [1.82, 2.24) is 9.62 Å². The minimum atomic E-state index is -3.60. The van der Waals surface area contributed by atoms with Gasteiger partial charge in [0.15, 0.2) is 0 Å². The van der Waals surface area contributed by atoms with Gasteiger partial charge in [0.2, 0.25) is 10.0 Å². The molecule has 0 radical (unpaired) electrons. The zero-order valence-electron chi connectivity index (χ0n) is 14.6. The van der Waals surface area contributed by atoms with Crippen molar-refractivity contribution in [3.05, 3.63) is 29.8 Å². The predicted octanol–water partition coefficient (Wildman–Crippen LogP) is 1.13. The molecule has 3 N–H and O–H groups in total. The van der Waals surface area contributed by atoms with E-state index in [0.29, 0.717) is 31.9 Å². The number of nitrogens with zero attached hydrogens (tertiary/aromatic N) is 1. The molecule has 0 unspecified atom stereocenters. The van der Waals surface area contributed by atoms with Crippen LogP contribution in [-0.4, -0.2) is 57.0 Å². The van der Waals surface area contributed by atoms with Gasteiger partial charge >= 0.3 is 0 Å². The molecule has 3 rings (SSSR count). The number of hydrogen-bond acceptors (Lipinski definition) is 5. The Hall–Kier alpha value is -1.19. The van der Waals surface area contributed by atoms with Crippen LogP contribution in [0.5, 0.6) is 0 Å². The van der Waals surface area contributed by atoms with Crippen molar-refractivity contribution < 1.29 is 17.9 Å². The summed E-state index contributed by atoms with van der Waals surface area (Å²) in [7, 11) is -3.60. The van der Waals surface area contributed by atoms with Crippen LogP contribution in [0, 0.1) is 0 Å². The maximum absolute atomic E-state index is 12.7. The highest BCUT2D eigenvalue weighted by Gasteiger charge is 2.27. The molecule has 1 saturated heterocycles. The predicted molar refractivity (Wildman–Crippen MR) is 101 cm³/mol. The molecule has 0 bridgehead atoms. The van der Waals surface area contributed by atoms with E-state index in [0.717, 1.165) is 25.7 Å². The number of amides is 1. The number of sulfonamides is 1. The molecule has 1 aliphatic heterocycles. The maximum Gasteiger partial charge on any atom is 0.251 e. The SMILES string of the molecule is Cl.NC1CCC(NC(=O)c2cccc(S(=O)(=O)N3CCOCC3)c2)CC1. The van der Waals surface area contributed by atoms with E-state index < -0.39 is 10.0 Å². The number of halogens is 1. The molecule has 2 aliphatic rings. The van der Waals surface area contributed by atoms with Crippen LogP contribution in [0.4, 0.5) is 0 Å². The van der Waals surface area contributed by atoms with E-state index in [1.807, 2.05) is 0 Å². The summed E-state index contributed by atoms with van der Waals surface area (Å²) in [6, 6.07) is 6.55. The topological polar surface area (TPSA) is 102 Å². The second kappa shape index (κ2) is 9.14. The molecule has 146 valence electrons. The molecular weight excluding hydrogens is 378 g/mol. The van der Waals surface area contributed by atoms with Crippen LogP contribution >= 0.6 is 12.4 Å². The van der Waals surface area contributed by atoms with Crippen molar-refractivity contribution in [1.29, 1.82) is 0 Å². The monoisotopic (exact) mass is 403 g/mol. The first-order valence-corrected chi connectivity index (χ1v) is 10.2. The standard InChI is InChI=1S/C17H25N3O4S.ClH/c18-14-4-6-15(7-5-14)19-17(21)13-2-1-3-16(12-13)25(22,23)20-8-10-24-11-9-20;/h1-3,12,14-15H,4-11,18H2,(H,19,21);1H. The van der Waals surface area contributed by atoms with Crippen molar-refractivity contribution in [2.75, 3.05) is 26.3 Å². The van der Waals surface area contributed by atoms with Gasteiger partial charge in [0.25, 0.3) is 5.91 Å². The Labute approximate surface area is 160 Å². The van der Waals surface area contributed by atoms with Crippen molar-refractivity contribution in [3.63, 3.8) is 0 Å². The smallest absolute Gasteiger partial charge is 0.251 e. The van der Waals surface area contributed by atoms with E-state index in [1.54, 1.807) is 12.1 Å². The highest BCUT2D eigenvalue weighted by atomic mass is 35.5. The summed E-state index contributed by atoms with van der Waals surface area (Å²) in [5.41, 5.74) is 6.25. The maximum atomic E-state index is 12.7. The van der Waals surface area contributed by atoms with Crippen molar-refractivity contribution in [2.45, 2.75) is 42.7 Å². The zero-order valence-corrected chi connectivity index (χ0v) is 16.2. The number of benzene rings is 1. The number of carbonyl (C=O) groups excluding carboxylic acids is 1. The van der Waals surface area contributed by atoms with E-state index in [-0.39, 0.29) is 35.3 Å². The van der Waals surface area contributed by atoms with Crippen molar-refractivity contribution in [2.24, 2.45) is 5.73 Å². The molecule has 1 amide bonds. The molecule has 0 atom stereocenters. The fraction of sp³-hybridized carbons (Fsp3) is 0.588. The first-order valence-electron chi connectivity index (χ1n) is 8.71. The fourth-order valence-corrected chi connectivity index (χ4v) is 4.72. The molecule has 0 spiro atoms. The summed E-state index contributed by atoms with van der Waals surface area (Å²) in [6.07, 6.45) is 3.52. The normalized spacial score (nSPS) is 24.5. The number of nitrogens with one attached hydrogen (secondary N) is 1. The number of carbonyl (C=O) groups is 1. The largest absolute Gasteiger partial charge is 0.379 e. The summed E-state index contributed by atoms with van der Waals surface area (Å²) < 4.78 is 32.0. The van der Waals surface area contributed by atoms with Crippen molar-refractivity contribution in [3.8, 4) is 0 Å². The summed E-state index contributed by atoms with van der Waals surface area (Å²) >= 11 is 0. The van der Waals surface area contributed by atoms with Crippen LogP contribution < -0.4 is 11.1 Å². The van der Waals surface area contributed by atoms with E-state index in [2.05, 4.69) is 5.32 Å².